The van der Waals surface area contributed by atoms with Crippen molar-refractivity contribution in [1.82, 2.24) is 34.5 Å². The second kappa shape index (κ2) is 8.68. The third-order valence-electron chi connectivity index (χ3n) is 6.24. The van der Waals surface area contributed by atoms with Gasteiger partial charge in [-0.1, -0.05) is 0 Å². The van der Waals surface area contributed by atoms with Crippen LogP contribution in [0.1, 0.15) is 25.3 Å². The summed E-state index contributed by atoms with van der Waals surface area (Å²) >= 11 is 0. The van der Waals surface area contributed by atoms with E-state index in [1.807, 2.05) is 55.3 Å². The number of β-amino-alcohol motifs (C(OH)–C–C–N with tert-alkyl or cyclic N) is 1. The molecule has 0 unspecified atom stereocenters. The Bertz CT molecular complexity index is 1570. The van der Waals surface area contributed by atoms with E-state index in [1.165, 1.54) is 12.7 Å². The van der Waals surface area contributed by atoms with Gasteiger partial charge < -0.3 is 20.1 Å². The quantitative estimate of drug-likeness (QED) is 0.382. The van der Waals surface area contributed by atoms with Gasteiger partial charge in [0.25, 0.3) is 0 Å². The van der Waals surface area contributed by atoms with Crippen LogP contribution in [0, 0.1) is 6.92 Å². The van der Waals surface area contributed by atoms with Crippen LogP contribution < -0.4 is 15.0 Å². The summed E-state index contributed by atoms with van der Waals surface area (Å²) in [5.74, 6) is 2.56. The van der Waals surface area contributed by atoms with Gasteiger partial charge in [0.05, 0.1) is 11.8 Å². The molecular formula is C25H25N9O2. The summed E-state index contributed by atoms with van der Waals surface area (Å²) in [6.45, 7) is 5.11. The highest BCUT2D eigenvalue weighted by Crippen LogP contribution is 2.30. The molecule has 0 radical (unpaired) electrons. The lowest BCUT2D eigenvalue weighted by atomic mass is 9.95. The molecule has 1 aliphatic rings. The minimum absolute atomic E-state index is 0.486. The maximum Gasteiger partial charge on any atom is 0.226 e. The highest BCUT2D eigenvalue weighted by Gasteiger charge is 2.30. The number of fused-ring (bicyclic) bond motifs is 2. The Morgan fingerprint density at radius 1 is 1.08 bits per heavy atom. The number of aromatic nitrogens is 7. The molecule has 1 fully saturated rings. The van der Waals surface area contributed by atoms with Crippen molar-refractivity contribution in [3.05, 3.63) is 60.9 Å². The first-order chi connectivity index (χ1) is 17.4. The number of pyridine rings is 1. The molecule has 36 heavy (non-hydrogen) atoms. The molecule has 2 N–H and O–H groups in total. The van der Waals surface area contributed by atoms with Gasteiger partial charge in [-0.25, -0.2) is 29.4 Å². The maximum atomic E-state index is 10.5. The Labute approximate surface area is 206 Å². The van der Waals surface area contributed by atoms with Crippen molar-refractivity contribution in [3.8, 4) is 11.5 Å². The molecule has 0 spiro atoms. The number of nitrogens with zero attached hydrogens (tertiary/aromatic N) is 8. The lowest BCUT2D eigenvalue weighted by Crippen LogP contribution is -2.46. The summed E-state index contributed by atoms with van der Waals surface area (Å²) in [7, 11) is 0. The smallest absolute Gasteiger partial charge is 0.226 e. The van der Waals surface area contributed by atoms with Crippen LogP contribution in [0.15, 0.2) is 55.4 Å². The van der Waals surface area contributed by atoms with Gasteiger partial charge in [-0.3, -0.25) is 0 Å². The van der Waals surface area contributed by atoms with Crippen LogP contribution in [0.3, 0.4) is 0 Å². The van der Waals surface area contributed by atoms with Crippen molar-refractivity contribution in [2.45, 2.75) is 32.3 Å². The van der Waals surface area contributed by atoms with Gasteiger partial charge in [-0.2, -0.15) is 5.10 Å². The Balaban J connectivity index is 1.25. The molecule has 5 aromatic rings. The Morgan fingerprint density at radius 2 is 2.00 bits per heavy atom. The number of aliphatic hydroxyl groups is 1. The summed E-state index contributed by atoms with van der Waals surface area (Å²) in [5.41, 5.74) is 3.01. The van der Waals surface area contributed by atoms with Crippen LogP contribution in [0.5, 0.6) is 11.5 Å². The van der Waals surface area contributed by atoms with Gasteiger partial charge >= 0.3 is 0 Å². The monoisotopic (exact) mass is 483 g/mol. The van der Waals surface area contributed by atoms with Crippen molar-refractivity contribution in [1.29, 1.82) is 0 Å². The molecule has 1 atom stereocenters. The number of hydrogen-bond donors (Lipinski definition) is 2. The summed E-state index contributed by atoms with van der Waals surface area (Å²) in [6, 6.07) is 9.51. The number of piperidine rings is 1. The molecule has 0 bridgehead atoms. The van der Waals surface area contributed by atoms with Crippen LogP contribution in [0.4, 0.5) is 17.5 Å². The standard InChI is InChI=1S/C25H25N9O2/c1-16-10-17(4-5-20(16)36-18-6-9-34-21(11-18)28-15-30-34)31-23-22-19(27-14-29-23)12-26-24(32-22)33-8-3-7-25(2,35)13-33/h4-6,9-12,14-15,35H,3,7-8,13H2,1-2H3,(H,27,29,31)/t25-/m1/s1. The third-order valence-corrected chi connectivity index (χ3v) is 6.24. The van der Waals surface area contributed by atoms with Crippen molar-refractivity contribution in [3.63, 3.8) is 0 Å². The maximum absolute atomic E-state index is 10.5. The number of nitrogens with one attached hydrogen (secondary N) is 1. The van der Waals surface area contributed by atoms with Gasteiger partial charge in [0.2, 0.25) is 5.95 Å². The van der Waals surface area contributed by atoms with Gasteiger partial charge in [0.1, 0.15) is 35.2 Å². The third kappa shape index (κ3) is 4.36. The Hall–Kier alpha value is -4.38. The van der Waals surface area contributed by atoms with E-state index in [1.54, 1.807) is 10.7 Å². The molecule has 11 heteroatoms. The fraction of sp³-hybridized carbons (Fsp3) is 0.280. The lowest BCUT2D eigenvalue weighted by Gasteiger charge is -2.36. The first-order valence-corrected chi connectivity index (χ1v) is 11.7. The molecule has 6 rings (SSSR count). The Kier molecular flexibility index (Phi) is 5.33. The summed E-state index contributed by atoms with van der Waals surface area (Å²) in [6.07, 6.45) is 8.15. The van der Waals surface area contributed by atoms with E-state index < -0.39 is 5.60 Å². The lowest BCUT2D eigenvalue weighted by molar-refractivity contribution is 0.0445. The predicted octanol–water partition coefficient (Wildman–Crippen LogP) is 3.66. The first kappa shape index (κ1) is 22.1. The zero-order valence-electron chi connectivity index (χ0n) is 20.0. The van der Waals surface area contributed by atoms with Gasteiger partial charge in [-0.05, 0) is 56.5 Å². The molecule has 1 saturated heterocycles. The minimum Gasteiger partial charge on any atom is -0.457 e. The van der Waals surface area contributed by atoms with Gasteiger partial charge in [0.15, 0.2) is 11.5 Å². The van der Waals surface area contributed by atoms with Crippen LogP contribution in [-0.2, 0) is 0 Å². The van der Waals surface area contributed by atoms with Crippen LogP contribution in [0.2, 0.25) is 0 Å². The average molecular weight is 484 g/mol. The van der Waals surface area contributed by atoms with E-state index in [2.05, 4.69) is 30.4 Å². The van der Waals surface area contributed by atoms with Crippen LogP contribution in [-0.4, -0.2) is 58.3 Å². The zero-order valence-corrected chi connectivity index (χ0v) is 20.0. The number of rotatable bonds is 5. The number of hydrogen-bond acceptors (Lipinski definition) is 10. The molecule has 0 amide bonds. The fourth-order valence-electron chi connectivity index (χ4n) is 4.44. The van der Waals surface area contributed by atoms with E-state index in [0.29, 0.717) is 40.7 Å². The predicted molar refractivity (Wildman–Crippen MR) is 135 cm³/mol. The van der Waals surface area contributed by atoms with Crippen molar-refractivity contribution < 1.29 is 9.84 Å². The Morgan fingerprint density at radius 3 is 2.86 bits per heavy atom. The minimum atomic E-state index is -0.757. The van der Waals surface area contributed by atoms with E-state index in [-0.39, 0.29) is 0 Å². The second-order valence-electron chi connectivity index (χ2n) is 9.28. The molecule has 0 saturated carbocycles. The van der Waals surface area contributed by atoms with Crippen LogP contribution in [0.25, 0.3) is 16.7 Å². The molecule has 4 aromatic heterocycles. The summed E-state index contributed by atoms with van der Waals surface area (Å²) in [4.78, 5) is 24.2. The van der Waals surface area contributed by atoms with Crippen molar-refractivity contribution in [2.24, 2.45) is 0 Å². The summed E-state index contributed by atoms with van der Waals surface area (Å²) < 4.78 is 7.76. The average Bonchev–Trinajstić information content (AvgIpc) is 3.33. The highest BCUT2D eigenvalue weighted by molar-refractivity contribution is 5.87. The number of ether oxygens (including phenoxy) is 1. The molecule has 0 aliphatic carbocycles. The molecule has 11 nitrogen and oxygen atoms in total. The second-order valence-corrected chi connectivity index (χ2v) is 9.28. The SMILES string of the molecule is Cc1cc(Nc2ncnc3cnc(N4CCC[C@@](C)(O)C4)nc23)ccc1Oc1ccn2ncnc2c1. The molecular weight excluding hydrogens is 458 g/mol. The van der Waals surface area contributed by atoms with E-state index >= 15 is 0 Å². The highest BCUT2D eigenvalue weighted by atomic mass is 16.5. The fourth-order valence-corrected chi connectivity index (χ4v) is 4.44. The van der Waals surface area contributed by atoms with E-state index in [4.69, 9.17) is 9.72 Å². The summed E-state index contributed by atoms with van der Waals surface area (Å²) in [5, 5.41) is 18.0. The number of benzene rings is 1. The number of anilines is 3. The van der Waals surface area contributed by atoms with Gasteiger partial charge in [0, 0.05) is 31.0 Å². The first-order valence-electron chi connectivity index (χ1n) is 11.7. The van der Waals surface area contributed by atoms with Gasteiger partial charge in [-0.15, -0.1) is 0 Å². The van der Waals surface area contributed by atoms with E-state index in [0.717, 1.165) is 36.4 Å². The normalized spacial score (nSPS) is 18.0. The van der Waals surface area contributed by atoms with E-state index in [9.17, 15) is 5.11 Å². The molecule has 1 aliphatic heterocycles. The number of aryl methyl sites for hydroxylation is 1. The molecule has 1 aromatic carbocycles. The topological polar surface area (TPSA) is 126 Å². The molecule has 182 valence electrons. The zero-order chi connectivity index (χ0) is 24.7. The van der Waals surface area contributed by atoms with Crippen LogP contribution >= 0.6 is 0 Å². The molecule has 5 heterocycles. The van der Waals surface area contributed by atoms with Crippen molar-refractivity contribution >= 4 is 34.1 Å². The largest absolute Gasteiger partial charge is 0.457 e. The van der Waals surface area contributed by atoms with Crippen molar-refractivity contribution in [2.75, 3.05) is 23.3 Å².